The van der Waals surface area contributed by atoms with Gasteiger partial charge in [-0.1, -0.05) is 19.9 Å². The van der Waals surface area contributed by atoms with Gasteiger partial charge < -0.3 is 4.74 Å². The summed E-state index contributed by atoms with van der Waals surface area (Å²) >= 11 is 0. The molecule has 0 spiro atoms. The molecule has 2 heterocycles. The first-order valence-electron chi connectivity index (χ1n) is 6.55. The first-order chi connectivity index (χ1) is 8.25. The molecular formula is C15H19NO. The van der Waals surface area contributed by atoms with Crippen LogP contribution in [0.3, 0.4) is 0 Å². The summed E-state index contributed by atoms with van der Waals surface area (Å²) in [6, 6.07) is 2.37. The molecule has 0 saturated heterocycles. The molecule has 2 heteroatoms. The molecule has 0 unspecified atom stereocenters. The van der Waals surface area contributed by atoms with Gasteiger partial charge in [-0.25, -0.2) is 0 Å². The Balaban J connectivity index is 2.10. The zero-order chi connectivity index (χ0) is 11.8. The highest BCUT2D eigenvalue weighted by atomic mass is 16.5. The van der Waals surface area contributed by atoms with Gasteiger partial charge in [0.25, 0.3) is 0 Å². The molecule has 17 heavy (non-hydrogen) atoms. The van der Waals surface area contributed by atoms with Gasteiger partial charge in [-0.15, -0.1) is 0 Å². The molecule has 90 valence electrons. The van der Waals surface area contributed by atoms with Crippen molar-refractivity contribution in [3.63, 3.8) is 0 Å². The smallest absolute Gasteiger partial charge is 0.0890 e. The van der Waals surface area contributed by atoms with Crippen LogP contribution in [0.4, 0.5) is 0 Å². The van der Waals surface area contributed by atoms with Crippen LogP contribution in [0.2, 0.25) is 0 Å². The van der Waals surface area contributed by atoms with E-state index in [1.54, 1.807) is 0 Å². The summed E-state index contributed by atoms with van der Waals surface area (Å²) in [6.07, 6.45) is 5.62. The van der Waals surface area contributed by atoms with Crippen molar-refractivity contribution in [2.24, 2.45) is 5.92 Å². The Hall–Kier alpha value is -1.15. The monoisotopic (exact) mass is 229 g/mol. The maximum absolute atomic E-state index is 5.48. The summed E-state index contributed by atoms with van der Waals surface area (Å²) in [5.41, 5.74) is 6.71. The second kappa shape index (κ2) is 4.26. The van der Waals surface area contributed by atoms with Crippen LogP contribution < -0.4 is 0 Å². The van der Waals surface area contributed by atoms with Crippen LogP contribution in [0.5, 0.6) is 0 Å². The van der Waals surface area contributed by atoms with Crippen molar-refractivity contribution in [3.8, 4) is 0 Å². The minimum absolute atomic E-state index is 0.591. The molecule has 0 fully saturated rings. The molecule has 2 aliphatic rings. The predicted octanol–water partition coefficient (Wildman–Crippen LogP) is 3.14. The minimum Gasteiger partial charge on any atom is -0.375 e. The minimum atomic E-state index is 0.591. The number of pyridine rings is 1. The lowest BCUT2D eigenvalue weighted by molar-refractivity contribution is 0.107. The van der Waals surface area contributed by atoms with Gasteiger partial charge in [-0.2, -0.15) is 0 Å². The molecule has 0 atom stereocenters. The standard InChI is InChI=1S/C15H19NO/c1-10(2)12-4-3-5-14-13(12)8-11-6-7-17-9-15(11)16-14/h4,8,10H,3,5-7,9H2,1-2H3. The molecule has 0 bridgehead atoms. The van der Waals surface area contributed by atoms with Crippen LogP contribution in [-0.2, 0) is 24.2 Å². The fourth-order valence-electron chi connectivity index (χ4n) is 2.79. The molecular weight excluding hydrogens is 210 g/mol. The summed E-state index contributed by atoms with van der Waals surface area (Å²) in [7, 11) is 0. The number of aryl methyl sites for hydroxylation is 1. The summed E-state index contributed by atoms with van der Waals surface area (Å²) in [5, 5.41) is 0. The van der Waals surface area contributed by atoms with Gasteiger partial charge in [0, 0.05) is 5.69 Å². The van der Waals surface area contributed by atoms with E-state index < -0.39 is 0 Å². The zero-order valence-electron chi connectivity index (χ0n) is 10.6. The number of fused-ring (bicyclic) bond motifs is 2. The maximum Gasteiger partial charge on any atom is 0.0890 e. The second-order valence-electron chi connectivity index (χ2n) is 5.24. The molecule has 0 radical (unpaired) electrons. The van der Waals surface area contributed by atoms with Crippen molar-refractivity contribution in [2.75, 3.05) is 6.61 Å². The van der Waals surface area contributed by atoms with Crippen LogP contribution in [0, 0.1) is 5.92 Å². The van der Waals surface area contributed by atoms with Gasteiger partial charge >= 0.3 is 0 Å². The number of rotatable bonds is 1. The Labute approximate surface area is 103 Å². The van der Waals surface area contributed by atoms with E-state index in [1.165, 1.54) is 28.1 Å². The Morgan fingerprint density at radius 2 is 2.12 bits per heavy atom. The average molecular weight is 229 g/mol. The van der Waals surface area contributed by atoms with E-state index in [2.05, 4.69) is 26.0 Å². The van der Waals surface area contributed by atoms with Crippen LogP contribution >= 0.6 is 0 Å². The van der Waals surface area contributed by atoms with Crippen molar-refractivity contribution >= 4 is 5.57 Å². The molecule has 0 saturated carbocycles. The first-order valence-corrected chi connectivity index (χ1v) is 6.55. The van der Waals surface area contributed by atoms with Gasteiger partial charge in [0.1, 0.15) is 0 Å². The van der Waals surface area contributed by atoms with Crippen molar-refractivity contribution in [3.05, 3.63) is 34.7 Å². The van der Waals surface area contributed by atoms with Crippen LogP contribution in [-0.4, -0.2) is 11.6 Å². The predicted molar refractivity (Wildman–Crippen MR) is 68.7 cm³/mol. The summed E-state index contributed by atoms with van der Waals surface area (Å²) in [4.78, 5) is 4.82. The number of nitrogens with zero attached hydrogens (tertiary/aromatic N) is 1. The highest BCUT2D eigenvalue weighted by Gasteiger charge is 2.20. The normalized spacial score (nSPS) is 18.6. The van der Waals surface area contributed by atoms with Crippen molar-refractivity contribution < 1.29 is 4.74 Å². The molecule has 1 aromatic rings. The lowest BCUT2D eigenvalue weighted by Crippen LogP contribution is -2.16. The van der Waals surface area contributed by atoms with E-state index in [0.29, 0.717) is 12.5 Å². The third-order valence-electron chi connectivity index (χ3n) is 3.70. The van der Waals surface area contributed by atoms with Crippen LogP contribution in [0.25, 0.3) is 5.57 Å². The molecule has 3 rings (SSSR count). The van der Waals surface area contributed by atoms with Crippen LogP contribution in [0.1, 0.15) is 42.8 Å². The van der Waals surface area contributed by atoms with Crippen molar-refractivity contribution in [1.29, 1.82) is 0 Å². The average Bonchev–Trinajstić information content (AvgIpc) is 2.35. The molecule has 1 aliphatic carbocycles. The number of hydrogen-bond acceptors (Lipinski definition) is 2. The lowest BCUT2D eigenvalue weighted by atomic mass is 9.86. The van der Waals surface area contributed by atoms with Gasteiger partial charge in [-0.3, -0.25) is 4.98 Å². The Morgan fingerprint density at radius 3 is 2.94 bits per heavy atom. The SMILES string of the molecule is CC(C)C1=CCCc2nc3c(cc21)CCOC3. The largest absolute Gasteiger partial charge is 0.375 e. The molecule has 0 amide bonds. The number of aromatic nitrogens is 1. The number of ether oxygens (including phenoxy) is 1. The van der Waals surface area contributed by atoms with E-state index in [9.17, 15) is 0 Å². The Morgan fingerprint density at radius 1 is 1.24 bits per heavy atom. The molecule has 0 N–H and O–H groups in total. The topological polar surface area (TPSA) is 22.1 Å². The molecule has 1 aliphatic heterocycles. The van der Waals surface area contributed by atoms with Gasteiger partial charge in [-0.05, 0) is 47.9 Å². The van der Waals surface area contributed by atoms with E-state index >= 15 is 0 Å². The van der Waals surface area contributed by atoms with Gasteiger partial charge in [0.05, 0.1) is 18.9 Å². The van der Waals surface area contributed by atoms with E-state index in [-0.39, 0.29) is 0 Å². The molecule has 0 aromatic carbocycles. The van der Waals surface area contributed by atoms with Crippen molar-refractivity contribution in [1.82, 2.24) is 4.98 Å². The fraction of sp³-hybridized carbons (Fsp3) is 0.533. The highest BCUT2D eigenvalue weighted by molar-refractivity contribution is 5.71. The van der Waals surface area contributed by atoms with E-state index in [0.717, 1.165) is 25.9 Å². The molecule has 2 nitrogen and oxygen atoms in total. The second-order valence-corrected chi connectivity index (χ2v) is 5.24. The lowest BCUT2D eigenvalue weighted by Gasteiger charge is -2.24. The van der Waals surface area contributed by atoms with Crippen LogP contribution in [0.15, 0.2) is 12.1 Å². The highest BCUT2D eigenvalue weighted by Crippen LogP contribution is 2.32. The summed E-state index contributed by atoms with van der Waals surface area (Å²) in [5.74, 6) is 0.591. The Bertz CT molecular complexity index is 474. The molecule has 1 aromatic heterocycles. The number of hydrogen-bond donors (Lipinski definition) is 0. The van der Waals surface area contributed by atoms with Crippen molar-refractivity contribution in [2.45, 2.75) is 39.7 Å². The first kappa shape index (κ1) is 11.0. The van der Waals surface area contributed by atoms with Gasteiger partial charge in [0.15, 0.2) is 0 Å². The summed E-state index contributed by atoms with van der Waals surface area (Å²) in [6.45, 7) is 6.07. The quantitative estimate of drug-likeness (QED) is 0.738. The third-order valence-corrected chi connectivity index (χ3v) is 3.70. The fourth-order valence-corrected chi connectivity index (χ4v) is 2.79. The third kappa shape index (κ3) is 1.91. The zero-order valence-corrected chi connectivity index (χ0v) is 10.6. The Kier molecular flexibility index (Phi) is 2.75. The number of allylic oxidation sites excluding steroid dienone is 2. The maximum atomic E-state index is 5.48. The summed E-state index contributed by atoms with van der Waals surface area (Å²) < 4.78 is 5.48. The van der Waals surface area contributed by atoms with Gasteiger partial charge in [0.2, 0.25) is 0 Å². The van der Waals surface area contributed by atoms with E-state index in [4.69, 9.17) is 9.72 Å². The van der Waals surface area contributed by atoms with E-state index in [1.807, 2.05) is 0 Å².